The minimum absolute atomic E-state index is 0.153. The largest absolute Gasteiger partial charge is 0.372 e. The van der Waals surface area contributed by atoms with E-state index < -0.39 is 0 Å². The van der Waals surface area contributed by atoms with Crippen molar-refractivity contribution in [3.63, 3.8) is 0 Å². The number of amides is 1. The molecule has 0 fully saturated rings. The number of fused-ring (bicyclic) bond motifs is 2. The average Bonchev–Trinajstić information content (AvgIpc) is 3.51. The van der Waals surface area contributed by atoms with Gasteiger partial charge in [0.2, 0.25) is 11.9 Å². The Hall–Kier alpha value is -4.44. The van der Waals surface area contributed by atoms with Gasteiger partial charge in [-0.05, 0) is 63.5 Å². The second-order valence-electron chi connectivity index (χ2n) is 9.89. The zero-order chi connectivity index (χ0) is 27.7. The molecule has 202 valence electrons. The van der Waals surface area contributed by atoms with Crippen LogP contribution in [-0.2, 0) is 11.3 Å². The van der Waals surface area contributed by atoms with Crippen LogP contribution >= 0.6 is 0 Å². The van der Waals surface area contributed by atoms with Crippen molar-refractivity contribution in [3.8, 4) is 11.3 Å². The Morgan fingerprint density at radius 2 is 1.87 bits per heavy atom. The SMILES string of the molecule is CCn1cc(-c2nc(Nc3ccc(N(C)CCN(C)C)c(NC(C)=O)c3)nc3[nH]ccc23)c2cc(F)ccc21. The molecule has 5 aromatic rings. The van der Waals surface area contributed by atoms with E-state index in [-0.39, 0.29) is 11.7 Å². The third kappa shape index (κ3) is 5.42. The fraction of sp³-hybridized carbons (Fsp3) is 0.276. The lowest BCUT2D eigenvalue weighted by molar-refractivity contribution is -0.114. The Morgan fingerprint density at radius 1 is 1.05 bits per heavy atom. The topological polar surface area (TPSA) is 94.1 Å². The molecule has 0 spiro atoms. The number of nitrogens with one attached hydrogen (secondary N) is 3. The molecule has 0 saturated carbocycles. The Labute approximate surface area is 226 Å². The van der Waals surface area contributed by atoms with Crippen molar-refractivity contribution < 1.29 is 9.18 Å². The maximum absolute atomic E-state index is 14.3. The van der Waals surface area contributed by atoms with Crippen LogP contribution in [0.2, 0.25) is 0 Å². The van der Waals surface area contributed by atoms with Gasteiger partial charge in [0.05, 0.1) is 17.1 Å². The predicted molar refractivity (Wildman–Crippen MR) is 156 cm³/mol. The molecule has 0 radical (unpaired) electrons. The first-order valence-electron chi connectivity index (χ1n) is 12.9. The molecule has 5 rings (SSSR count). The van der Waals surface area contributed by atoms with Gasteiger partial charge in [-0.25, -0.2) is 9.37 Å². The first kappa shape index (κ1) is 26.2. The summed E-state index contributed by atoms with van der Waals surface area (Å²) in [4.78, 5) is 28.9. The van der Waals surface area contributed by atoms with E-state index in [4.69, 9.17) is 4.98 Å². The second-order valence-corrected chi connectivity index (χ2v) is 9.89. The number of carbonyl (C=O) groups is 1. The van der Waals surface area contributed by atoms with Crippen LogP contribution < -0.4 is 15.5 Å². The van der Waals surface area contributed by atoms with E-state index in [0.29, 0.717) is 23.0 Å². The summed E-state index contributed by atoms with van der Waals surface area (Å²) in [6.45, 7) is 5.97. The number of H-pyrrole nitrogens is 1. The maximum atomic E-state index is 14.3. The molecule has 0 aliphatic heterocycles. The van der Waals surface area contributed by atoms with Crippen molar-refractivity contribution >= 4 is 50.9 Å². The highest BCUT2D eigenvalue weighted by Crippen LogP contribution is 2.35. The summed E-state index contributed by atoms with van der Waals surface area (Å²) in [5.74, 6) is -0.0620. The normalized spacial score (nSPS) is 11.5. The van der Waals surface area contributed by atoms with Gasteiger partial charge in [-0.3, -0.25) is 4.79 Å². The van der Waals surface area contributed by atoms with Crippen molar-refractivity contribution in [2.45, 2.75) is 20.4 Å². The summed E-state index contributed by atoms with van der Waals surface area (Å²) in [7, 11) is 6.06. The molecule has 0 bridgehead atoms. The molecule has 3 heterocycles. The molecule has 0 aliphatic rings. The predicted octanol–water partition coefficient (Wildman–Crippen LogP) is 5.44. The lowest BCUT2D eigenvalue weighted by Gasteiger charge is -2.24. The van der Waals surface area contributed by atoms with Crippen molar-refractivity contribution in [2.75, 3.05) is 49.8 Å². The van der Waals surface area contributed by atoms with E-state index >= 15 is 0 Å². The number of aromatic amines is 1. The van der Waals surface area contributed by atoms with Crippen LogP contribution in [0.4, 0.5) is 27.4 Å². The third-order valence-electron chi connectivity index (χ3n) is 6.71. The van der Waals surface area contributed by atoms with Crippen LogP contribution in [0.5, 0.6) is 0 Å². The third-order valence-corrected chi connectivity index (χ3v) is 6.71. The first-order chi connectivity index (χ1) is 18.7. The van der Waals surface area contributed by atoms with E-state index in [9.17, 15) is 9.18 Å². The number of aromatic nitrogens is 4. The molecule has 10 heteroatoms. The number of hydrogen-bond acceptors (Lipinski definition) is 6. The molecule has 0 aliphatic carbocycles. The van der Waals surface area contributed by atoms with Crippen LogP contribution in [-0.4, -0.2) is 64.6 Å². The van der Waals surface area contributed by atoms with Crippen molar-refractivity contribution in [1.29, 1.82) is 0 Å². The van der Waals surface area contributed by atoms with Gasteiger partial charge < -0.3 is 30.0 Å². The van der Waals surface area contributed by atoms with Crippen LogP contribution in [0.3, 0.4) is 0 Å². The van der Waals surface area contributed by atoms with Gasteiger partial charge >= 0.3 is 0 Å². The quantitative estimate of drug-likeness (QED) is 0.236. The summed E-state index contributed by atoms with van der Waals surface area (Å²) in [5.41, 5.74) is 5.47. The summed E-state index contributed by atoms with van der Waals surface area (Å²) in [6, 6.07) is 12.5. The minimum Gasteiger partial charge on any atom is -0.372 e. The molecule has 3 aromatic heterocycles. The second kappa shape index (κ2) is 10.7. The molecule has 0 saturated heterocycles. The zero-order valence-electron chi connectivity index (χ0n) is 22.8. The maximum Gasteiger partial charge on any atom is 0.229 e. The monoisotopic (exact) mass is 528 g/mol. The van der Waals surface area contributed by atoms with Crippen LogP contribution in [0, 0.1) is 5.82 Å². The smallest absolute Gasteiger partial charge is 0.229 e. The number of benzene rings is 2. The molecule has 3 N–H and O–H groups in total. The molecule has 39 heavy (non-hydrogen) atoms. The van der Waals surface area contributed by atoms with Gasteiger partial charge in [0.1, 0.15) is 11.5 Å². The van der Waals surface area contributed by atoms with Gasteiger partial charge in [-0.2, -0.15) is 4.98 Å². The Bertz CT molecular complexity index is 1650. The standard InChI is InChI=1S/C29H33FN8O/c1-6-38-17-23(22-15-19(30)7-9-25(22)38)27-21-11-12-31-28(21)35-29(34-27)33-20-8-10-26(24(16-20)32-18(2)39)37(5)14-13-36(3)4/h7-12,15-17H,6,13-14H2,1-5H3,(H,32,39)(H2,31,33,34,35). The van der Waals surface area contributed by atoms with Crippen LogP contribution in [0.15, 0.2) is 54.9 Å². The molecule has 2 aromatic carbocycles. The van der Waals surface area contributed by atoms with Gasteiger partial charge in [0.15, 0.2) is 0 Å². The number of halogens is 1. The number of hydrogen-bond donors (Lipinski definition) is 3. The van der Waals surface area contributed by atoms with Gasteiger partial charge in [0.25, 0.3) is 0 Å². The Kier molecular flexibility index (Phi) is 7.21. The highest BCUT2D eigenvalue weighted by Gasteiger charge is 2.18. The highest BCUT2D eigenvalue weighted by atomic mass is 19.1. The number of rotatable bonds is 9. The lowest BCUT2D eigenvalue weighted by Crippen LogP contribution is -2.29. The van der Waals surface area contributed by atoms with E-state index in [1.807, 2.05) is 57.8 Å². The van der Waals surface area contributed by atoms with Crippen LogP contribution in [0.1, 0.15) is 13.8 Å². The fourth-order valence-electron chi connectivity index (χ4n) is 4.76. The molecular formula is C29H33FN8O. The van der Waals surface area contributed by atoms with Crippen molar-refractivity contribution in [1.82, 2.24) is 24.4 Å². The van der Waals surface area contributed by atoms with E-state index in [1.165, 1.54) is 13.0 Å². The summed E-state index contributed by atoms with van der Waals surface area (Å²) in [5, 5.41) is 7.89. The van der Waals surface area contributed by atoms with Gasteiger partial charge in [-0.15, -0.1) is 0 Å². The van der Waals surface area contributed by atoms with Gasteiger partial charge in [-0.1, -0.05) is 0 Å². The molecular weight excluding hydrogens is 495 g/mol. The van der Waals surface area contributed by atoms with Crippen LogP contribution in [0.25, 0.3) is 33.2 Å². The van der Waals surface area contributed by atoms with Gasteiger partial charge in [0, 0.05) is 73.5 Å². The highest BCUT2D eigenvalue weighted by molar-refractivity contribution is 6.03. The van der Waals surface area contributed by atoms with E-state index in [0.717, 1.165) is 52.9 Å². The Morgan fingerprint density at radius 3 is 2.62 bits per heavy atom. The molecule has 0 atom stereocenters. The lowest BCUT2D eigenvalue weighted by atomic mass is 10.1. The summed E-state index contributed by atoms with van der Waals surface area (Å²) >= 11 is 0. The van der Waals surface area contributed by atoms with Crippen molar-refractivity contribution in [2.24, 2.45) is 0 Å². The molecule has 0 unspecified atom stereocenters. The number of carbonyl (C=O) groups excluding carboxylic acids is 1. The van der Waals surface area contributed by atoms with E-state index in [2.05, 4.69) is 41.9 Å². The average molecular weight is 529 g/mol. The summed E-state index contributed by atoms with van der Waals surface area (Å²) in [6.07, 6.45) is 3.83. The zero-order valence-corrected chi connectivity index (χ0v) is 22.8. The van der Waals surface area contributed by atoms with E-state index in [1.54, 1.807) is 12.1 Å². The van der Waals surface area contributed by atoms with Crippen molar-refractivity contribution in [3.05, 3.63) is 60.7 Å². The number of anilines is 4. The molecule has 9 nitrogen and oxygen atoms in total. The number of likely N-dealkylation sites (N-methyl/N-ethyl adjacent to an activating group) is 2. The molecule has 1 amide bonds. The number of nitrogens with zero attached hydrogens (tertiary/aromatic N) is 5. The fourth-order valence-corrected chi connectivity index (χ4v) is 4.76. The first-order valence-corrected chi connectivity index (χ1v) is 12.9. The Balaban J connectivity index is 1.55. The minimum atomic E-state index is -0.295. The summed E-state index contributed by atoms with van der Waals surface area (Å²) < 4.78 is 16.4. The number of aryl methyl sites for hydroxylation is 1.